The van der Waals surface area contributed by atoms with E-state index < -0.39 is 18.1 Å². The molecule has 3 atom stereocenters. The van der Waals surface area contributed by atoms with Crippen molar-refractivity contribution in [2.24, 2.45) is 5.92 Å². The van der Waals surface area contributed by atoms with Gasteiger partial charge in [0.1, 0.15) is 0 Å². The lowest BCUT2D eigenvalue weighted by molar-refractivity contribution is -0.139. The average molecular weight is 478 g/mol. The molecule has 178 valence electrons. The first kappa shape index (κ1) is 24.2. The molecular formula is C27H31N3O3S. The van der Waals surface area contributed by atoms with Crippen molar-refractivity contribution >= 4 is 23.0 Å². The van der Waals surface area contributed by atoms with Gasteiger partial charge in [0.2, 0.25) is 5.91 Å². The Labute approximate surface area is 204 Å². The van der Waals surface area contributed by atoms with E-state index in [1.807, 2.05) is 56.6 Å². The number of pyridine rings is 1. The summed E-state index contributed by atoms with van der Waals surface area (Å²) in [5.74, 6) is -0.551. The van der Waals surface area contributed by atoms with Crippen LogP contribution in [0.5, 0.6) is 0 Å². The molecular weight excluding hydrogens is 446 g/mol. The van der Waals surface area contributed by atoms with Crippen molar-refractivity contribution in [1.29, 1.82) is 0 Å². The van der Waals surface area contributed by atoms with Crippen molar-refractivity contribution in [1.82, 2.24) is 14.9 Å². The fourth-order valence-corrected chi connectivity index (χ4v) is 5.50. The number of rotatable bonds is 8. The number of carbonyl (C=O) groups excluding carboxylic acids is 2. The normalized spacial score (nSPS) is 18.9. The number of aliphatic hydroxyl groups excluding tert-OH is 1. The topological polar surface area (TPSA) is 83.4 Å². The summed E-state index contributed by atoms with van der Waals surface area (Å²) in [4.78, 5) is 38.1. The number of thiazole rings is 1. The van der Waals surface area contributed by atoms with Gasteiger partial charge in [-0.2, -0.15) is 0 Å². The van der Waals surface area contributed by atoms with Gasteiger partial charge in [-0.25, -0.2) is 4.98 Å². The van der Waals surface area contributed by atoms with Crippen LogP contribution in [0.3, 0.4) is 0 Å². The molecule has 0 unspecified atom stereocenters. The number of hydrogen-bond donors (Lipinski definition) is 1. The number of aliphatic hydroxyl groups is 1. The molecule has 2 aromatic heterocycles. The number of likely N-dealkylation sites (tertiary alicyclic amines) is 1. The monoisotopic (exact) mass is 477 g/mol. The maximum Gasteiger partial charge on any atom is 0.232 e. The lowest BCUT2D eigenvalue weighted by atomic mass is 9.90. The van der Waals surface area contributed by atoms with Crippen LogP contribution in [-0.2, 0) is 16.0 Å². The van der Waals surface area contributed by atoms with Gasteiger partial charge in [-0.3, -0.25) is 14.6 Å². The Hall–Kier alpha value is -2.90. The Kier molecular flexibility index (Phi) is 7.54. The number of hydrogen-bond acceptors (Lipinski definition) is 6. The van der Waals surface area contributed by atoms with Gasteiger partial charge in [-0.1, -0.05) is 44.2 Å². The van der Waals surface area contributed by atoms with Crippen LogP contribution in [0.25, 0.3) is 10.4 Å². The van der Waals surface area contributed by atoms with Gasteiger partial charge in [-0.15, -0.1) is 11.3 Å². The number of nitrogens with zero attached hydrogens (tertiary/aromatic N) is 3. The molecule has 34 heavy (non-hydrogen) atoms. The first-order chi connectivity index (χ1) is 16.3. The molecule has 0 spiro atoms. The number of Topliss-reactive ketones (excluding diaryl/α,β-unsaturated/α-hetero) is 1. The van der Waals surface area contributed by atoms with E-state index in [1.165, 1.54) is 0 Å². The number of aryl methyl sites for hydroxylation is 2. The van der Waals surface area contributed by atoms with Gasteiger partial charge >= 0.3 is 0 Å². The zero-order chi connectivity index (χ0) is 24.2. The lowest BCUT2D eigenvalue weighted by Crippen LogP contribution is -2.44. The van der Waals surface area contributed by atoms with Crippen molar-refractivity contribution < 1.29 is 14.7 Å². The number of carbonyl (C=O) groups is 2. The summed E-state index contributed by atoms with van der Waals surface area (Å²) in [5.41, 5.74) is 5.76. The molecule has 1 aliphatic rings. The lowest BCUT2D eigenvalue weighted by Gasteiger charge is -2.29. The molecule has 3 heterocycles. The largest absolute Gasteiger partial charge is 0.391 e. The quantitative estimate of drug-likeness (QED) is 0.519. The number of β-amino-alcohol motifs (C(OH)–C–C–N with tert-alkyl or cyclic N) is 1. The Morgan fingerprint density at radius 3 is 2.53 bits per heavy atom. The van der Waals surface area contributed by atoms with E-state index in [0.29, 0.717) is 25.0 Å². The molecule has 0 radical (unpaired) electrons. The molecule has 4 rings (SSSR count). The summed E-state index contributed by atoms with van der Waals surface area (Å²) in [5, 5.41) is 10.3. The van der Waals surface area contributed by atoms with E-state index in [0.717, 1.165) is 21.7 Å². The van der Waals surface area contributed by atoms with Crippen molar-refractivity contribution in [3.8, 4) is 10.4 Å². The zero-order valence-electron chi connectivity index (χ0n) is 19.8. The van der Waals surface area contributed by atoms with Gasteiger partial charge in [0, 0.05) is 25.6 Å². The predicted octanol–water partition coefficient (Wildman–Crippen LogP) is 4.42. The maximum atomic E-state index is 13.5. The van der Waals surface area contributed by atoms with E-state index in [9.17, 15) is 14.7 Å². The van der Waals surface area contributed by atoms with E-state index in [1.54, 1.807) is 22.4 Å². The molecule has 1 amide bonds. The second kappa shape index (κ2) is 10.6. The first-order valence-electron chi connectivity index (χ1n) is 11.8. The zero-order valence-corrected chi connectivity index (χ0v) is 20.7. The smallest absolute Gasteiger partial charge is 0.232 e. The molecule has 1 aromatic carbocycles. The molecule has 6 nitrogen and oxygen atoms in total. The number of amides is 1. The summed E-state index contributed by atoms with van der Waals surface area (Å²) >= 11 is 1.62. The van der Waals surface area contributed by atoms with Gasteiger partial charge in [0.25, 0.3) is 0 Å². The average Bonchev–Trinajstić information content (AvgIpc) is 3.44. The van der Waals surface area contributed by atoms with Crippen LogP contribution in [0.2, 0.25) is 0 Å². The Morgan fingerprint density at radius 1 is 1.15 bits per heavy atom. The third-order valence-corrected chi connectivity index (χ3v) is 7.47. The molecule has 1 N–H and O–H groups in total. The summed E-state index contributed by atoms with van der Waals surface area (Å²) in [7, 11) is 0. The van der Waals surface area contributed by atoms with Gasteiger partial charge in [-0.05, 0) is 42.5 Å². The highest BCUT2D eigenvalue weighted by Gasteiger charge is 2.41. The highest BCUT2D eigenvalue weighted by atomic mass is 32.1. The second-order valence-electron chi connectivity index (χ2n) is 9.30. The number of benzene rings is 1. The van der Waals surface area contributed by atoms with Gasteiger partial charge in [0.15, 0.2) is 5.78 Å². The minimum absolute atomic E-state index is 0.00388. The van der Waals surface area contributed by atoms with Crippen molar-refractivity contribution in [3.05, 3.63) is 71.1 Å². The maximum absolute atomic E-state index is 13.5. The van der Waals surface area contributed by atoms with Gasteiger partial charge < -0.3 is 10.0 Å². The Morgan fingerprint density at radius 2 is 1.91 bits per heavy atom. The third kappa shape index (κ3) is 5.26. The van der Waals surface area contributed by atoms with Crippen LogP contribution in [-0.4, -0.2) is 50.4 Å². The van der Waals surface area contributed by atoms with Crippen LogP contribution in [0.4, 0.5) is 0 Å². The van der Waals surface area contributed by atoms with E-state index in [2.05, 4.69) is 22.1 Å². The summed E-state index contributed by atoms with van der Waals surface area (Å²) < 4.78 is 0. The minimum Gasteiger partial charge on any atom is -0.391 e. The fourth-order valence-electron chi connectivity index (χ4n) is 4.69. The minimum atomic E-state index is -0.684. The molecule has 0 saturated carbocycles. The standard InChI is InChI=1S/C27H31N3O3S/c1-17(2)25(22-6-4-5-13-28-22)27(33)30-15-21(31)14-23(30)24(32)12-9-19-7-10-20(11-8-19)26-18(3)29-16-34-26/h4-8,10-11,13,16-17,21,23,25,31H,9,12,14-15H2,1-3H3/t21-,23+,25-/m1/s1. The molecule has 1 aliphatic heterocycles. The van der Waals surface area contributed by atoms with Crippen molar-refractivity contribution in [2.45, 2.75) is 58.1 Å². The van der Waals surface area contributed by atoms with Gasteiger partial charge in [0.05, 0.1) is 39.8 Å². The Balaban J connectivity index is 1.43. The predicted molar refractivity (Wildman–Crippen MR) is 134 cm³/mol. The summed E-state index contributed by atoms with van der Waals surface area (Å²) in [6, 6.07) is 13.2. The number of aromatic nitrogens is 2. The highest BCUT2D eigenvalue weighted by Crippen LogP contribution is 2.31. The third-order valence-electron chi connectivity index (χ3n) is 6.49. The Bertz CT molecular complexity index is 1130. The summed E-state index contributed by atoms with van der Waals surface area (Å²) in [6.07, 6.45) is 2.22. The highest BCUT2D eigenvalue weighted by molar-refractivity contribution is 7.13. The van der Waals surface area contributed by atoms with Crippen molar-refractivity contribution in [2.75, 3.05) is 6.54 Å². The van der Waals surface area contributed by atoms with E-state index in [4.69, 9.17) is 0 Å². The van der Waals surface area contributed by atoms with Crippen LogP contribution in [0.1, 0.15) is 49.6 Å². The molecule has 0 bridgehead atoms. The van der Waals surface area contributed by atoms with Crippen LogP contribution >= 0.6 is 11.3 Å². The second-order valence-corrected chi connectivity index (χ2v) is 10.2. The molecule has 1 fully saturated rings. The molecule has 7 heteroatoms. The molecule has 0 aliphatic carbocycles. The molecule has 3 aromatic rings. The van der Waals surface area contributed by atoms with Crippen LogP contribution in [0, 0.1) is 12.8 Å². The van der Waals surface area contributed by atoms with Crippen molar-refractivity contribution in [3.63, 3.8) is 0 Å². The van der Waals surface area contributed by atoms with Crippen LogP contribution < -0.4 is 0 Å². The first-order valence-corrected chi connectivity index (χ1v) is 12.6. The van der Waals surface area contributed by atoms with E-state index in [-0.39, 0.29) is 24.2 Å². The SMILES string of the molecule is Cc1ncsc1-c1ccc(CCC(=O)[C@@H]2C[C@@H](O)CN2C(=O)[C@@H](c2ccccn2)C(C)C)cc1. The summed E-state index contributed by atoms with van der Waals surface area (Å²) in [6.45, 7) is 6.16. The van der Waals surface area contributed by atoms with Crippen LogP contribution in [0.15, 0.2) is 54.2 Å². The number of ketones is 1. The fraction of sp³-hybridized carbons (Fsp3) is 0.407. The van der Waals surface area contributed by atoms with E-state index >= 15 is 0 Å². The molecule has 1 saturated heterocycles.